The molecule has 0 saturated carbocycles. The third kappa shape index (κ3) is 2.55. The Hall–Kier alpha value is 0.250. The summed E-state index contributed by atoms with van der Waals surface area (Å²) in [6.07, 6.45) is 2.73. The first-order valence-corrected chi connectivity index (χ1v) is 4.09. The minimum atomic E-state index is 0.322. The number of nitrogens with zero attached hydrogens (tertiary/aromatic N) is 1. The molecular weight excluding hydrogens is 134 g/mol. The van der Waals surface area contributed by atoms with Crippen LogP contribution in [0.25, 0.3) is 0 Å². The minimum Gasteiger partial charge on any atom is -0.302 e. The van der Waals surface area contributed by atoms with Crippen molar-refractivity contribution in [2.24, 2.45) is 0 Å². The summed E-state index contributed by atoms with van der Waals surface area (Å²) in [5.41, 5.74) is 0. The zero-order chi connectivity index (χ0) is 6.69. The highest BCUT2D eigenvalue weighted by Crippen LogP contribution is 2.09. The Labute approximate surface area is 62.0 Å². The van der Waals surface area contributed by atoms with Crippen molar-refractivity contribution in [1.82, 2.24) is 4.90 Å². The maximum Gasteiger partial charge on any atom is 0.0435 e. The topological polar surface area (TPSA) is 3.24 Å². The molecule has 1 saturated heterocycles. The lowest BCUT2D eigenvalue weighted by Crippen LogP contribution is -2.25. The van der Waals surface area contributed by atoms with Gasteiger partial charge in [-0.15, -0.1) is 11.6 Å². The first kappa shape index (κ1) is 7.36. The molecule has 0 bridgehead atoms. The van der Waals surface area contributed by atoms with Crippen LogP contribution in [0.3, 0.4) is 0 Å². The van der Waals surface area contributed by atoms with Crippen LogP contribution in [0.15, 0.2) is 0 Å². The van der Waals surface area contributed by atoms with E-state index >= 15 is 0 Å². The highest BCUT2D eigenvalue weighted by Gasteiger charge is 2.12. The van der Waals surface area contributed by atoms with Crippen LogP contribution in [0.4, 0.5) is 0 Å². The van der Waals surface area contributed by atoms with Crippen LogP contribution >= 0.6 is 11.6 Å². The Bertz CT molecular complexity index is 77.0. The van der Waals surface area contributed by atoms with E-state index in [0.29, 0.717) is 5.38 Å². The van der Waals surface area contributed by atoms with Crippen LogP contribution in [-0.2, 0) is 0 Å². The number of likely N-dealkylation sites (tertiary alicyclic amines) is 1. The molecule has 0 radical (unpaired) electrons. The van der Waals surface area contributed by atoms with Gasteiger partial charge in [-0.1, -0.05) is 0 Å². The second-order valence-corrected chi connectivity index (χ2v) is 3.53. The fourth-order valence-electron chi connectivity index (χ4n) is 1.32. The van der Waals surface area contributed by atoms with Gasteiger partial charge < -0.3 is 4.90 Å². The Kier molecular flexibility index (Phi) is 2.80. The van der Waals surface area contributed by atoms with Crippen molar-refractivity contribution in [2.75, 3.05) is 19.6 Å². The Balaban J connectivity index is 2.11. The molecule has 0 aromatic heterocycles. The molecule has 54 valence electrons. The average Bonchev–Trinajstić information content (AvgIpc) is 2.15. The largest absolute Gasteiger partial charge is 0.302 e. The molecule has 0 aromatic carbocycles. The summed E-state index contributed by atoms with van der Waals surface area (Å²) in [5, 5.41) is 0.322. The van der Waals surface area contributed by atoms with Crippen molar-refractivity contribution < 1.29 is 0 Å². The second-order valence-electron chi connectivity index (χ2n) is 2.79. The molecule has 2 heteroatoms. The molecule has 0 N–H and O–H groups in total. The van der Waals surface area contributed by atoms with Crippen LogP contribution in [0.2, 0.25) is 0 Å². The molecule has 1 heterocycles. The Morgan fingerprint density at radius 1 is 1.44 bits per heavy atom. The maximum atomic E-state index is 5.82. The normalized spacial score (nSPS) is 24.7. The van der Waals surface area contributed by atoms with Crippen LogP contribution < -0.4 is 0 Å². The van der Waals surface area contributed by atoms with E-state index < -0.39 is 0 Å². The van der Waals surface area contributed by atoms with Crippen LogP contribution in [0.1, 0.15) is 19.8 Å². The van der Waals surface area contributed by atoms with Crippen molar-refractivity contribution >= 4 is 11.6 Å². The van der Waals surface area contributed by atoms with Crippen molar-refractivity contribution in [1.29, 1.82) is 0 Å². The van der Waals surface area contributed by atoms with Crippen molar-refractivity contribution in [2.45, 2.75) is 25.1 Å². The monoisotopic (exact) mass is 147 g/mol. The van der Waals surface area contributed by atoms with Gasteiger partial charge >= 0.3 is 0 Å². The van der Waals surface area contributed by atoms with Crippen LogP contribution in [0, 0.1) is 0 Å². The van der Waals surface area contributed by atoms with E-state index in [1.54, 1.807) is 0 Å². The molecule has 1 aliphatic heterocycles. The summed E-state index contributed by atoms with van der Waals surface area (Å²) in [5.74, 6) is 0. The number of hydrogen-bond acceptors (Lipinski definition) is 1. The van der Waals surface area contributed by atoms with Crippen LogP contribution in [-0.4, -0.2) is 29.9 Å². The van der Waals surface area contributed by atoms with Gasteiger partial charge in [0.05, 0.1) is 0 Å². The van der Waals surface area contributed by atoms with E-state index in [0.717, 1.165) is 6.54 Å². The average molecular weight is 148 g/mol. The van der Waals surface area contributed by atoms with E-state index in [4.69, 9.17) is 11.6 Å². The maximum absolute atomic E-state index is 5.82. The molecular formula is C7H14ClN. The molecule has 1 atom stereocenters. The molecule has 0 amide bonds. The molecule has 0 aromatic rings. The number of rotatable bonds is 2. The molecule has 1 nitrogen and oxygen atoms in total. The Morgan fingerprint density at radius 2 is 2.00 bits per heavy atom. The molecule has 0 aliphatic carbocycles. The molecule has 1 aliphatic rings. The van der Waals surface area contributed by atoms with E-state index in [1.165, 1.54) is 25.9 Å². The predicted octanol–water partition coefficient (Wildman–Crippen LogP) is 1.71. The SMILES string of the molecule is C[C@@H](Cl)CN1CCCC1. The van der Waals surface area contributed by atoms with Crippen LogP contribution in [0.5, 0.6) is 0 Å². The summed E-state index contributed by atoms with van der Waals surface area (Å²) in [4.78, 5) is 2.43. The van der Waals surface area contributed by atoms with E-state index in [2.05, 4.69) is 11.8 Å². The first-order valence-electron chi connectivity index (χ1n) is 3.65. The molecule has 0 unspecified atom stereocenters. The highest BCUT2D eigenvalue weighted by atomic mass is 35.5. The molecule has 9 heavy (non-hydrogen) atoms. The summed E-state index contributed by atoms with van der Waals surface area (Å²) in [7, 11) is 0. The van der Waals surface area contributed by atoms with Gasteiger partial charge in [0.2, 0.25) is 0 Å². The number of halogens is 1. The van der Waals surface area contributed by atoms with Crippen molar-refractivity contribution in [3.8, 4) is 0 Å². The number of hydrogen-bond donors (Lipinski definition) is 0. The summed E-state index contributed by atoms with van der Waals surface area (Å²) < 4.78 is 0. The van der Waals surface area contributed by atoms with Gasteiger partial charge in [-0.3, -0.25) is 0 Å². The zero-order valence-electron chi connectivity index (χ0n) is 5.94. The smallest absolute Gasteiger partial charge is 0.0435 e. The van der Waals surface area contributed by atoms with Gasteiger partial charge in [-0.05, 0) is 32.9 Å². The second kappa shape index (κ2) is 3.43. The van der Waals surface area contributed by atoms with Gasteiger partial charge in [0.15, 0.2) is 0 Å². The van der Waals surface area contributed by atoms with Gasteiger partial charge in [0.1, 0.15) is 0 Å². The van der Waals surface area contributed by atoms with E-state index in [9.17, 15) is 0 Å². The summed E-state index contributed by atoms with van der Waals surface area (Å²) in [6, 6.07) is 0. The molecule has 1 rings (SSSR count). The third-order valence-electron chi connectivity index (χ3n) is 1.71. The van der Waals surface area contributed by atoms with E-state index in [1.807, 2.05) is 0 Å². The Morgan fingerprint density at radius 3 is 2.44 bits per heavy atom. The highest BCUT2D eigenvalue weighted by molar-refractivity contribution is 6.20. The van der Waals surface area contributed by atoms with E-state index in [-0.39, 0.29) is 0 Å². The lowest BCUT2D eigenvalue weighted by atomic mass is 10.4. The van der Waals surface area contributed by atoms with Gasteiger partial charge in [0.25, 0.3) is 0 Å². The lowest BCUT2D eigenvalue weighted by molar-refractivity contribution is 0.342. The molecule has 0 spiro atoms. The fraction of sp³-hybridized carbons (Fsp3) is 1.00. The summed E-state index contributed by atoms with van der Waals surface area (Å²) >= 11 is 5.82. The summed E-state index contributed by atoms with van der Waals surface area (Å²) in [6.45, 7) is 5.65. The quantitative estimate of drug-likeness (QED) is 0.538. The van der Waals surface area contributed by atoms with Crippen molar-refractivity contribution in [3.05, 3.63) is 0 Å². The zero-order valence-corrected chi connectivity index (χ0v) is 6.69. The lowest BCUT2D eigenvalue weighted by Gasteiger charge is -2.14. The van der Waals surface area contributed by atoms with Gasteiger partial charge in [0, 0.05) is 11.9 Å². The first-order chi connectivity index (χ1) is 4.29. The predicted molar refractivity (Wildman–Crippen MR) is 41.0 cm³/mol. The van der Waals surface area contributed by atoms with Crippen molar-refractivity contribution in [3.63, 3.8) is 0 Å². The molecule has 1 fully saturated rings. The third-order valence-corrected chi connectivity index (χ3v) is 1.85. The minimum absolute atomic E-state index is 0.322. The standard InChI is InChI=1S/C7H14ClN/c1-7(8)6-9-4-2-3-5-9/h7H,2-6H2,1H3/t7-/m1/s1. The van der Waals surface area contributed by atoms with Gasteiger partial charge in [-0.2, -0.15) is 0 Å². The van der Waals surface area contributed by atoms with Gasteiger partial charge in [-0.25, -0.2) is 0 Å². The number of alkyl halides is 1. The fourth-order valence-corrected chi connectivity index (χ4v) is 1.52.